The molecule has 0 radical (unpaired) electrons. The number of hydrogen-bond donors (Lipinski definition) is 2. The van der Waals surface area contributed by atoms with Gasteiger partial charge in [-0.15, -0.1) is 0 Å². The van der Waals surface area contributed by atoms with Gasteiger partial charge >= 0.3 is 0 Å². The number of aliphatic hydroxyl groups is 1. The third-order valence-corrected chi connectivity index (χ3v) is 1.44. The van der Waals surface area contributed by atoms with Gasteiger partial charge in [-0.3, -0.25) is 4.79 Å². The zero-order chi connectivity index (χ0) is 9.68. The third-order valence-electron chi connectivity index (χ3n) is 1.44. The van der Waals surface area contributed by atoms with Crippen LogP contribution in [-0.2, 0) is 4.79 Å². The molecule has 0 aromatic heterocycles. The minimum atomic E-state index is -0.542. The molecule has 0 atom stereocenters. The maximum Gasteiger partial charge on any atom is 0.250 e. The van der Waals surface area contributed by atoms with Crippen LogP contribution in [0.2, 0.25) is 0 Å². The minimum Gasteiger partial charge on any atom is -0.387 e. The highest BCUT2D eigenvalue weighted by molar-refractivity contribution is 5.91. The summed E-state index contributed by atoms with van der Waals surface area (Å²) in [7, 11) is 0. The molecular weight excluding hydrogens is 168 g/mol. The van der Waals surface area contributed by atoms with Crippen LogP contribution in [0.3, 0.4) is 0 Å². The molecule has 0 aliphatic heterocycles. The van der Waals surface area contributed by atoms with E-state index in [0.29, 0.717) is 11.3 Å². The molecule has 1 aromatic carbocycles. The first-order valence-corrected chi connectivity index (χ1v) is 3.67. The van der Waals surface area contributed by atoms with Crippen LogP contribution in [0.15, 0.2) is 24.3 Å². The number of amides is 1. The number of aliphatic hydroxyl groups excluding tert-OH is 1. The number of nitrogens with zero attached hydrogens (tertiary/aromatic N) is 1. The van der Waals surface area contributed by atoms with Gasteiger partial charge in [0.25, 0.3) is 0 Å². The van der Waals surface area contributed by atoms with Crippen LogP contribution in [0.25, 0.3) is 0 Å². The molecule has 0 aliphatic rings. The number of nitriles is 1. The predicted octanol–water partition coefficient (Wildman–Crippen LogP) is 0.489. The molecule has 0 unspecified atom stereocenters. The Balaban J connectivity index is 2.71. The molecule has 1 aromatic rings. The molecule has 4 nitrogen and oxygen atoms in total. The molecule has 0 bridgehead atoms. The van der Waals surface area contributed by atoms with E-state index in [4.69, 9.17) is 10.4 Å². The highest BCUT2D eigenvalue weighted by atomic mass is 16.3. The van der Waals surface area contributed by atoms with Crippen molar-refractivity contribution in [1.29, 1.82) is 5.26 Å². The van der Waals surface area contributed by atoms with Gasteiger partial charge in [0, 0.05) is 5.69 Å². The summed E-state index contributed by atoms with van der Waals surface area (Å²) >= 11 is 0. The molecule has 1 amide bonds. The van der Waals surface area contributed by atoms with Gasteiger partial charge in [-0.1, -0.05) is 0 Å². The van der Waals surface area contributed by atoms with Crippen LogP contribution in [-0.4, -0.2) is 17.6 Å². The fraction of sp³-hybridized carbons (Fsp3) is 0.111. The van der Waals surface area contributed by atoms with E-state index in [1.54, 1.807) is 24.3 Å². The van der Waals surface area contributed by atoms with Crippen molar-refractivity contribution in [1.82, 2.24) is 0 Å². The van der Waals surface area contributed by atoms with Crippen LogP contribution in [0.4, 0.5) is 5.69 Å². The topological polar surface area (TPSA) is 73.1 Å². The maximum atomic E-state index is 10.7. The van der Waals surface area contributed by atoms with Gasteiger partial charge < -0.3 is 10.4 Å². The molecule has 0 aliphatic carbocycles. The fourth-order valence-corrected chi connectivity index (χ4v) is 0.829. The van der Waals surface area contributed by atoms with E-state index in [0.717, 1.165) is 0 Å². The highest BCUT2D eigenvalue weighted by Gasteiger charge is 1.98. The molecular formula is C9H8N2O2. The largest absolute Gasteiger partial charge is 0.387 e. The molecule has 0 spiro atoms. The summed E-state index contributed by atoms with van der Waals surface area (Å²) < 4.78 is 0. The second-order valence-electron chi connectivity index (χ2n) is 2.40. The molecule has 2 N–H and O–H groups in total. The molecule has 0 saturated heterocycles. The SMILES string of the molecule is N#Cc1ccc(NC(=O)CO)cc1. The van der Waals surface area contributed by atoms with Crippen molar-refractivity contribution in [3.05, 3.63) is 29.8 Å². The summed E-state index contributed by atoms with van der Waals surface area (Å²) in [4.78, 5) is 10.7. The van der Waals surface area contributed by atoms with Crippen molar-refractivity contribution in [2.75, 3.05) is 11.9 Å². The number of rotatable bonds is 2. The number of carbonyl (C=O) groups excluding carboxylic acids is 1. The lowest BCUT2D eigenvalue weighted by atomic mass is 10.2. The highest BCUT2D eigenvalue weighted by Crippen LogP contribution is 2.07. The second kappa shape index (κ2) is 4.24. The Morgan fingerprint density at radius 3 is 2.54 bits per heavy atom. The quantitative estimate of drug-likeness (QED) is 0.688. The summed E-state index contributed by atoms with van der Waals surface area (Å²) in [6, 6.07) is 8.35. The molecule has 0 fully saturated rings. The zero-order valence-electron chi connectivity index (χ0n) is 6.82. The van der Waals surface area contributed by atoms with Crippen LogP contribution < -0.4 is 5.32 Å². The van der Waals surface area contributed by atoms with Gasteiger partial charge in [0.15, 0.2) is 0 Å². The Morgan fingerprint density at radius 1 is 1.46 bits per heavy atom. The first-order valence-electron chi connectivity index (χ1n) is 3.67. The minimum absolute atomic E-state index is 0.468. The second-order valence-corrected chi connectivity index (χ2v) is 2.40. The monoisotopic (exact) mass is 176 g/mol. The Kier molecular flexibility index (Phi) is 3.01. The molecule has 0 saturated carbocycles. The Labute approximate surface area is 75.4 Å². The van der Waals surface area contributed by atoms with Gasteiger partial charge in [0.05, 0.1) is 11.6 Å². The van der Waals surface area contributed by atoms with Gasteiger partial charge in [-0.05, 0) is 24.3 Å². The lowest BCUT2D eigenvalue weighted by Crippen LogP contribution is -2.15. The van der Waals surface area contributed by atoms with Crippen LogP contribution in [0, 0.1) is 11.3 Å². The van der Waals surface area contributed by atoms with Gasteiger partial charge in [-0.25, -0.2) is 0 Å². The zero-order valence-corrected chi connectivity index (χ0v) is 6.82. The van der Waals surface area contributed by atoms with Crippen molar-refractivity contribution in [3.8, 4) is 6.07 Å². The van der Waals surface area contributed by atoms with Crippen LogP contribution in [0.5, 0.6) is 0 Å². The molecule has 4 heteroatoms. The number of benzene rings is 1. The molecule has 66 valence electrons. The Hall–Kier alpha value is -1.86. The molecule has 13 heavy (non-hydrogen) atoms. The van der Waals surface area contributed by atoms with E-state index in [-0.39, 0.29) is 0 Å². The standard InChI is InChI=1S/C9H8N2O2/c10-5-7-1-3-8(4-2-7)11-9(13)6-12/h1-4,12H,6H2,(H,11,13). The Morgan fingerprint density at radius 2 is 2.08 bits per heavy atom. The summed E-state index contributed by atoms with van der Waals surface area (Å²) in [5.41, 5.74) is 1.10. The predicted molar refractivity (Wildman–Crippen MR) is 46.9 cm³/mol. The maximum absolute atomic E-state index is 10.7. The van der Waals surface area contributed by atoms with Crippen molar-refractivity contribution in [2.24, 2.45) is 0 Å². The van der Waals surface area contributed by atoms with Crippen molar-refractivity contribution in [2.45, 2.75) is 0 Å². The van der Waals surface area contributed by atoms with E-state index in [9.17, 15) is 4.79 Å². The van der Waals surface area contributed by atoms with E-state index in [1.165, 1.54) is 0 Å². The van der Waals surface area contributed by atoms with E-state index < -0.39 is 12.5 Å². The third kappa shape index (κ3) is 2.58. The lowest BCUT2D eigenvalue weighted by molar-refractivity contribution is -0.118. The number of hydrogen-bond acceptors (Lipinski definition) is 3. The number of carbonyl (C=O) groups is 1. The van der Waals surface area contributed by atoms with Crippen LogP contribution >= 0.6 is 0 Å². The molecule has 0 heterocycles. The molecule has 1 rings (SSSR count). The number of nitrogens with one attached hydrogen (secondary N) is 1. The first-order chi connectivity index (χ1) is 6.26. The summed E-state index contributed by atoms with van der Waals surface area (Å²) in [5.74, 6) is -0.468. The van der Waals surface area contributed by atoms with Gasteiger partial charge in [0.1, 0.15) is 6.61 Å². The fourth-order valence-electron chi connectivity index (χ4n) is 0.829. The smallest absolute Gasteiger partial charge is 0.250 e. The van der Waals surface area contributed by atoms with Crippen LogP contribution in [0.1, 0.15) is 5.56 Å². The van der Waals surface area contributed by atoms with Gasteiger partial charge in [-0.2, -0.15) is 5.26 Å². The van der Waals surface area contributed by atoms with E-state index in [1.807, 2.05) is 6.07 Å². The average Bonchev–Trinajstić information content (AvgIpc) is 2.19. The van der Waals surface area contributed by atoms with E-state index in [2.05, 4.69) is 5.32 Å². The normalized spacial score (nSPS) is 8.92. The summed E-state index contributed by atoms with van der Waals surface area (Å²) in [6.45, 7) is -0.542. The van der Waals surface area contributed by atoms with Crippen molar-refractivity contribution in [3.63, 3.8) is 0 Å². The van der Waals surface area contributed by atoms with Crippen molar-refractivity contribution < 1.29 is 9.90 Å². The van der Waals surface area contributed by atoms with E-state index >= 15 is 0 Å². The Bertz CT molecular complexity index is 338. The van der Waals surface area contributed by atoms with Gasteiger partial charge in [0.2, 0.25) is 5.91 Å². The van der Waals surface area contributed by atoms with Crippen molar-refractivity contribution >= 4 is 11.6 Å². The number of anilines is 1. The lowest BCUT2D eigenvalue weighted by Gasteiger charge is -2.01. The average molecular weight is 176 g/mol. The summed E-state index contributed by atoms with van der Waals surface area (Å²) in [5, 5.41) is 19.4. The first kappa shape index (κ1) is 9.23. The summed E-state index contributed by atoms with van der Waals surface area (Å²) in [6.07, 6.45) is 0.